The lowest BCUT2D eigenvalue weighted by atomic mass is 10.2. The molecule has 6 amide bonds. The van der Waals surface area contributed by atoms with E-state index < -0.39 is 71.3 Å². The molecular formula is C28H46N8O13S4. The van der Waals surface area contributed by atoms with E-state index in [2.05, 4.69) is 30.6 Å². The molecule has 0 aliphatic carbocycles. The highest BCUT2D eigenvalue weighted by atomic mass is 32.2. The average Bonchev–Trinajstić information content (AvgIpc) is 3.76. The number of nitrogens with zero attached hydrogens (tertiary/aromatic N) is 2. The molecule has 300 valence electrons. The lowest BCUT2D eigenvalue weighted by molar-refractivity contribution is -0.123. The predicted octanol–water partition coefficient (Wildman–Crippen LogP) is -1.29. The van der Waals surface area contributed by atoms with Gasteiger partial charge in [0.25, 0.3) is 11.8 Å². The van der Waals surface area contributed by atoms with Crippen LogP contribution in [0.4, 0.5) is 0 Å². The molecule has 0 unspecified atom stereocenters. The average molecular weight is 831 g/mol. The summed E-state index contributed by atoms with van der Waals surface area (Å²) in [5.74, 6) is -5.24. The number of nitrogens with one attached hydrogen (secondary N) is 6. The van der Waals surface area contributed by atoms with Gasteiger partial charge >= 0.3 is 0 Å². The van der Waals surface area contributed by atoms with Crippen molar-refractivity contribution in [3.63, 3.8) is 0 Å². The first kappa shape index (κ1) is 48.5. The first-order valence-electron chi connectivity index (χ1n) is 15.6. The summed E-state index contributed by atoms with van der Waals surface area (Å²) >= 11 is 1.16. The van der Waals surface area contributed by atoms with Gasteiger partial charge in [-0.15, -0.1) is 11.3 Å². The molecule has 0 aromatic carbocycles. The highest BCUT2D eigenvalue weighted by Crippen LogP contribution is 2.04. The van der Waals surface area contributed by atoms with Gasteiger partial charge in [-0.1, -0.05) is 46.7 Å². The van der Waals surface area contributed by atoms with Crippen LogP contribution >= 0.6 is 11.3 Å². The van der Waals surface area contributed by atoms with E-state index in [0.717, 1.165) is 11.3 Å². The first-order valence-corrected chi connectivity index (χ1v) is 21.4. The molecular weight excluding hydrogens is 785 g/mol. The monoisotopic (exact) mass is 830 g/mol. The maximum atomic E-state index is 11.5. The summed E-state index contributed by atoms with van der Waals surface area (Å²) in [4.78, 5) is 71.1. The second kappa shape index (κ2) is 23.2. The molecule has 0 radical (unpaired) electrons. The van der Waals surface area contributed by atoms with Gasteiger partial charge in [0.1, 0.15) is 4.88 Å². The Bertz CT molecular complexity index is 1730. The summed E-state index contributed by atoms with van der Waals surface area (Å²) in [5, 5.41) is 10.5. The van der Waals surface area contributed by atoms with E-state index in [1.165, 1.54) is 30.9 Å². The third-order valence-corrected chi connectivity index (χ3v) is 10.2. The van der Waals surface area contributed by atoms with Crippen molar-refractivity contribution >= 4 is 76.8 Å². The molecule has 53 heavy (non-hydrogen) atoms. The minimum atomic E-state index is -3.75. The van der Waals surface area contributed by atoms with Crippen molar-refractivity contribution in [2.24, 2.45) is 17.8 Å². The number of amides is 6. The zero-order valence-corrected chi connectivity index (χ0v) is 33.4. The maximum absolute atomic E-state index is 11.5. The van der Waals surface area contributed by atoms with Crippen LogP contribution in [-0.4, -0.2) is 108 Å². The fraction of sp³-hybridized carbons (Fsp3) is 0.571. The topological polar surface area (TPSA) is 316 Å². The van der Waals surface area contributed by atoms with Gasteiger partial charge in [-0.3, -0.25) is 47.9 Å². The van der Waals surface area contributed by atoms with Crippen molar-refractivity contribution in [3.05, 3.63) is 34.6 Å². The lowest BCUT2D eigenvalue weighted by Gasteiger charge is -2.09. The number of hydrogen-bond donors (Lipinski definition) is 6. The van der Waals surface area contributed by atoms with Crippen LogP contribution in [0.5, 0.6) is 0 Å². The van der Waals surface area contributed by atoms with Crippen molar-refractivity contribution in [1.82, 2.24) is 40.3 Å². The van der Waals surface area contributed by atoms with E-state index in [0.29, 0.717) is 4.88 Å². The summed E-state index contributed by atoms with van der Waals surface area (Å²) in [6.45, 7) is 10.6. The highest BCUT2D eigenvalue weighted by Gasteiger charge is 2.19. The third-order valence-electron chi connectivity index (χ3n) is 5.72. The molecule has 21 nitrogen and oxygen atoms in total. The van der Waals surface area contributed by atoms with Crippen molar-refractivity contribution in [2.75, 3.05) is 36.9 Å². The molecule has 0 spiro atoms. The molecule has 0 atom stereocenters. The molecule has 6 N–H and O–H groups in total. The molecule has 0 saturated carbocycles. The van der Waals surface area contributed by atoms with Crippen LogP contribution in [0.3, 0.4) is 0 Å². The van der Waals surface area contributed by atoms with Crippen LogP contribution in [0.1, 0.15) is 68.7 Å². The Labute approximate surface area is 312 Å². The molecule has 0 bridgehead atoms. The number of carbonyl (C=O) groups is 6. The lowest BCUT2D eigenvalue weighted by Crippen LogP contribution is -2.39. The quantitative estimate of drug-likeness (QED) is 0.108. The Morgan fingerprint density at radius 2 is 1.06 bits per heavy atom. The number of sulfonamides is 3. The van der Waals surface area contributed by atoms with Crippen LogP contribution in [0.2, 0.25) is 0 Å². The van der Waals surface area contributed by atoms with E-state index in [4.69, 9.17) is 0 Å². The van der Waals surface area contributed by atoms with E-state index in [9.17, 15) is 54.0 Å². The zero-order valence-electron chi connectivity index (χ0n) is 30.1. The molecule has 0 saturated heterocycles. The summed E-state index contributed by atoms with van der Waals surface area (Å²) in [6, 6.07) is 1.35. The smallest absolute Gasteiger partial charge is 0.289 e. The third kappa shape index (κ3) is 22.9. The van der Waals surface area contributed by atoms with E-state index in [-0.39, 0.29) is 54.6 Å². The first-order chi connectivity index (χ1) is 24.4. The molecule has 2 rings (SSSR count). The summed E-state index contributed by atoms with van der Waals surface area (Å²) < 4.78 is 78.9. The fourth-order valence-electron chi connectivity index (χ4n) is 2.76. The second-order valence-corrected chi connectivity index (χ2v) is 18.0. The van der Waals surface area contributed by atoms with Gasteiger partial charge in [0, 0.05) is 50.4 Å². The standard InChI is InChI=1S/C10H15N3O5S.C10H15N3O4S2.C8H16N2O4S/c1-7(2)9(14)13-19(16,17)6-5-11-10(15)8-3-4-12-18-8;1-7(2)9(14)13-19(16,17)4-3-12-10(15)8-5-11-6-18-8;1-6(2)8(12)10-15(13,14)5-4-9-7(3)11/h3-4,7H,5-6H2,1-2H3,(H,11,15)(H,13,14);5-7H,3-4H2,1-2H3,(H,12,15)(H,13,14);6H,4-5H2,1-3H3,(H,9,11)(H,10,12). The SMILES string of the molecule is CC(=O)NCCS(=O)(=O)NC(=O)C(C)C.CC(C)C(=O)NS(=O)(=O)CCNC(=O)c1ccno1.CC(C)C(=O)NS(=O)(=O)CCNC(=O)c1cncs1. The molecule has 25 heteroatoms. The molecule has 2 aromatic rings. The number of aromatic nitrogens is 2. The Morgan fingerprint density at radius 1 is 0.660 bits per heavy atom. The summed E-state index contributed by atoms with van der Waals surface area (Å²) in [5.41, 5.74) is 1.51. The van der Waals surface area contributed by atoms with Crippen molar-refractivity contribution < 1.29 is 58.5 Å². The normalized spacial score (nSPS) is 11.3. The number of rotatable bonds is 17. The van der Waals surface area contributed by atoms with Gasteiger partial charge in [0.15, 0.2) is 0 Å². The van der Waals surface area contributed by atoms with E-state index >= 15 is 0 Å². The molecule has 0 fully saturated rings. The number of thiazole rings is 1. The van der Waals surface area contributed by atoms with E-state index in [1.807, 2.05) is 14.2 Å². The van der Waals surface area contributed by atoms with Crippen molar-refractivity contribution in [2.45, 2.75) is 48.5 Å². The molecule has 2 aromatic heterocycles. The van der Waals surface area contributed by atoms with Gasteiger partial charge in [-0.25, -0.2) is 25.3 Å². The van der Waals surface area contributed by atoms with E-state index in [1.54, 1.807) is 41.5 Å². The van der Waals surface area contributed by atoms with Crippen LogP contribution in [0.25, 0.3) is 0 Å². The summed E-state index contributed by atoms with van der Waals surface area (Å²) in [7, 11) is -11.1. The molecule has 0 aliphatic heterocycles. The Kier molecular flexibility index (Phi) is 21.3. The number of carbonyl (C=O) groups excluding carboxylic acids is 6. The van der Waals surface area contributed by atoms with Crippen LogP contribution in [0, 0.1) is 17.8 Å². The van der Waals surface area contributed by atoms with Gasteiger partial charge in [0.05, 0.1) is 35.2 Å². The largest absolute Gasteiger partial charge is 0.355 e. The zero-order chi connectivity index (χ0) is 41.0. The minimum absolute atomic E-state index is 0.00393. The second-order valence-electron chi connectivity index (χ2n) is 11.6. The maximum Gasteiger partial charge on any atom is 0.289 e. The van der Waals surface area contributed by atoms with Crippen LogP contribution in [-0.2, 0) is 49.2 Å². The Morgan fingerprint density at radius 3 is 1.38 bits per heavy atom. The number of hydrogen-bond acceptors (Lipinski definition) is 16. The van der Waals surface area contributed by atoms with Gasteiger partial charge < -0.3 is 20.5 Å². The van der Waals surface area contributed by atoms with Crippen LogP contribution < -0.4 is 30.1 Å². The van der Waals surface area contributed by atoms with Gasteiger partial charge in [0.2, 0.25) is 59.5 Å². The fourth-order valence-corrected chi connectivity index (χ4v) is 6.34. The van der Waals surface area contributed by atoms with Crippen LogP contribution in [0.15, 0.2) is 28.5 Å². The van der Waals surface area contributed by atoms with Gasteiger partial charge in [-0.05, 0) is 0 Å². The van der Waals surface area contributed by atoms with Gasteiger partial charge in [-0.2, -0.15) is 0 Å². The van der Waals surface area contributed by atoms with Crippen molar-refractivity contribution in [3.8, 4) is 0 Å². The Balaban J connectivity index is 0.000000773. The summed E-state index contributed by atoms with van der Waals surface area (Å²) in [6.07, 6.45) is 2.70. The highest BCUT2D eigenvalue weighted by molar-refractivity contribution is 7.90. The van der Waals surface area contributed by atoms with Crippen molar-refractivity contribution in [1.29, 1.82) is 0 Å². The molecule has 2 heterocycles. The minimum Gasteiger partial charge on any atom is -0.355 e. The molecule has 0 aliphatic rings. The predicted molar refractivity (Wildman–Crippen MR) is 192 cm³/mol. The Hall–Kier alpha value is -4.49.